The van der Waals surface area contributed by atoms with Crippen LogP contribution in [0.15, 0.2) is 192 Å². The van der Waals surface area contributed by atoms with Crippen LogP contribution in [0.1, 0.15) is 178 Å². The fourth-order valence-corrected chi connectivity index (χ4v) is 25.3. The molecule has 0 unspecified atom stereocenters. The van der Waals surface area contributed by atoms with Gasteiger partial charge in [-0.05, 0) is 165 Å². The first-order chi connectivity index (χ1) is 71.7. The number of aromatic nitrogens is 4. The standard InChI is InChI=1S/C29H31N3O5S.C29H31N3O4S2.C28H29N3O4S2.C27H37N3O4S2/c1-17-27(38-16-30-17)20-10-7-19(8-11-20)9-12-25(35)24-13-22(34)15-31(24)29(37)26(18(2)33)32-14-21-5-3-4-6-23(21)28(32)36;1-18-27(38-17-30-18)20-10-7-19(8-11-20)9-12-26(34)24-13-22(33)15-32(24)29(36)25(16-37-2)31-14-21-5-3-4-6-23(21)28(31)35;1-17-26(37-16-29-17)19-9-6-18(7-10-19)8-11-25(33)23-12-21(32)14-31(23)28(35)24(15-36)30-13-20-4-2-3-5-22(20)27(30)34;1-17(2)5-12-25(33)29-22(15-35-4)27(34)30-14-21(31)13-23(30)24(32)11-8-19-6-9-20(10-7-19)26-18(3)28-16-36-26/h3-8,10-11,16,18,22,24,26,33-34H,9,12-15H2,1-2H3;3-8,10-11,17,22,24-25,33H,9,12-16H2,1-2H3;2-7,9-10,16,21,23-24,32,36H,8,11-15H2,1H3;6-7,9-10,16-17,21-23,31H,5,8,11-15H2,1-4H3,(H,29,33)/t18-,22+,24-,26-;22-,24+,25+;21-,23+,24+;21-,22+,23+/m0111/s1. The van der Waals surface area contributed by atoms with Gasteiger partial charge in [-0.1, -0.05) is 166 Å². The Morgan fingerprint density at radius 3 is 0.966 bits per heavy atom. The molecule has 0 radical (unpaired) electrons. The minimum atomic E-state index is -1.14. The number of thioether (sulfide) groups is 2. The number of β-amino-alcohol motifs (C(OH)–C–C–N with tert-alkyl or cyclic N) is 4. The molecule has 0 aliphatic carbocycles. The first-order valence-electron chi connectivity index (χ1n) is 50.4. The number of aryl methyl sites for hydroxylation is 8. The summed E-state index contributed by atoms with van der Waals surface area (Å²) >= 11 is 13.7. The summed E-state index contributed by atoms with van der Waals surface area (Å²) in [5, 5.41) is 54.9. The van der Waals surface area contributed by atoms with Crippen LogP contribution in [0.2, 0.25) is 0 Å². The van der Waals surface area contributed by atoms with E-state index in [1.54, 1.807) is 80.6 Å². The molecule has 7 aliphatic heterocycles. The number of amides is 8. The number of carbonyl (C=O) groups is 12. The molecule has 29 nitrogen and oxygen atoms in total. The number of nitrogens with one attached hydrogen (secondary N) is 1. The zero-order chi connectivity index (χ0) is 106. The zero-order valence-electron chi connectivity index (χ0n) is 85.0. The van der Waals surface area contributed by atoms with Crippen molar-refractivity contribution in [1.29, 1.82) is 0 Å². The Bertz CT molecular complexity index is 6610. The van der Waals surface area contributed by atoms with Crippen molar-refractivity contribution in [3.8, 4) is 41.8 Å². The molecule has 7 aromatic carbocycles. The van der Waals surface area contributed by atoms with Gasteiger partial charge in [0.15, 0.2) is 23.1 Å². The lowest BCUT2D eigenvalue weighted by molar-refractivity contribution is -0.144. The molecule has 0 saturated carbocycles. The molecule has 784 valence electrons. The van der Waals surface area contributed by atoms with E-state index in [1.165, 1.54) is 59.8 Å². The molecule has 7 aliphatic rings. The maximum atomic E-state index is 13.8. The quantitative estimate of drug-likeness (QED) is 0.0178. The third-order valence-electron chi connectivity index (χ3n) is 28.6. The van der Waals surface area contributed by atoms with Crippen molar-refractivity contribution in [2.24, 2.45) is 5.92 Å². The van der Waals surface area contributed by atoms with Gasteiger partial charge in [0, 0.05) is 138 Å². The minimum absolute atomic E-state index is 0.00363. The summed E-state index contributed by atoms with van der Waals surface area (Å²) < 4.78 is 0. The van der Waals surface area contributed by atoms with Gasteiger partial charge in [0.1, 0.15) is 24.2 Å². The van der Waals surface area contributed by atoms with Gasteiger partial charge in [0.2, 0.25) is 29.5 Å². The second-order valence-electron chi connectivity index (χ2n) is 39.4. The maximum Gasteiger partial charge on any atom is 0.255 e. The van der Waals surface area contributed by atoms with Crippen LogP contribution in [0.5, 0.6) is 0 Å². The van der Waals surface area contributed by atoms with E-state index in [1.807, 2.05) is 202 Å². The van der Waals surface area contributed by atoms with Crippen LogP contribution in [0.25, 0.3) is 41.8 Å². The van der Waals surface area contributed by atoms with Crippen molar-refractivity contribution in [3.05, 3.63) is 270 Å². The third-order valence-corrected chi connectivity index (χ3v) is 34.1. The number of ketones is 4. The van der Waals surface area contributed by atoms with E-state index >= 15 is 0 Å². The van der Waals surface area contributed by atoms with Crippen LogP contribution >= 0.6 is 81.5 Å². The number of thiol groups is 1. The van der Waals surface area contributed by atoms with Crippen molar-refractivity contribution in [2.75, 3.05) is 55.9 Å². The Labute approximate surface area is 898 Å². The highest BCUT2D eigenvalue weighted by atomic mass is 32.2. The van der Waals surface area contributed by atoms with Gasteiger partial charge in [-0.25, -0.2) is 19.9 Å². The predicted molar refractivity (Wildman–Crippen MR) is 586 cm³/mol. The number of hydrogen-bond donors (Lipinski definition) is 7. The summed E-state index contributed by atoms with van der Waals surface area (Å²) in [7, 11) is 0. The number of thiazole rings is 4. The highest BCUT2D eigenvalue weighted by Gasteiger charge is 2.50. The van der Waals surface area contributed by atoms with E-state index in [9.17, 15) is 83.1 Å². The molecule has 4 fully saturated rings. The highest BCUT2D eigenvalue weighted by molar-refractivity contribution is 7.98. The molecule has 11 aromatic rings. The molecular formula is C113H128N12O17S7. The number of Topliss-reactive ketones (excluding diaryl/α,β-unsaturated/α-hetero) is 4. The first kappa shape index (κ1) is 111. The van der Waals surface area contributed by atoms with Crippen molar-refractivity contribution in [2.45, 2.75) is 237 Å². The SMILES string of the molecule is CSC[C@@H](C(=O)N1C[C@H](O)C[C@H]1C(=O)CCc1ccc(-c2scnc2C)cc1)N1Cc2ccccc2C1=O.CSC[C@H](NC(=O)CCC(C)C)C(=O)N1C[C@H](O)C[C@H]1C(=O)CCc1ccc(-c2scnc2C)cc1.Cc1ncsc1-c1ccc(CCC(=O)[C@@H]2C[C@@H](O)CN2C(=O)[C@H](CS)N2Cc3ccccc3C2=O)cc1.Cc1ncsc1-c1ccc(CCC(=O)[C@@H]2C[C@@H](O)CN2C(=O)[C@H]([C@H](C)O)N2Cc3ccccc3C2=O)cc1. The molecule has 149 heavy (non-hydrogen) atoms. The number of benzene rings is 7. The first-order valence-corrected chi connectivity index (χ1v) is 57.4. The van der Waals surface area contributed by atoms with Gasteiger partial charge in [-0.2, -0.15) is 36.2 Å². The van der Waals surface area contributed by atoms with E-state index in [2.05, 4.69) is 51.7 Å². The average Bonchev–Trinajstić information content (AvgIpc) is 1.63. The topological polar surface area (TPSA) is 392 Å². The number of rotatable bonds is 37. The Kier molecular flexibility index (Phi) is 38.5. The average molecular weight is 2150 g/mol. The molecule has 4 saturated heterocycles. The maximum absolute atomic E-state index is 13.8. The predicted octanol–water partition coefficient (Wildman–Crippen LogP) is 14.4. The summed E-state index contributed by atoms with van der Waals surface area (Å²) in [5.74, 6) is -1.21. The molecule has 0 spiro atoms. The fourth-order valence-electron chi connectivity index (χ4n) is 20.5. The van der Waals surface area contributed by atoms with Crippen LogP contribution in [-0.2, 0) is 88.5 Å². The summed E-state index contributed by atoms with van der Waals surface area (Å²) in [6.45, 7) is 14.7. The molecule has 13 atom stereocenters. The second-order valence-corrected chi connectivity index (χ2v) is 45.0. The van der Waals surface area contributed by atoms with Gasteiger partial charge < -0.3 is 65.1 Å². The number of carbonyl (C=O) groups excluding carboxylic acids is 12. The van der Waals surface area contributed by atoms with Crippen LogP contribution in [0.4, 0.5) is 0 Å². The van der Waals surface area contributed by atoms with Crippen LogP contribution < -0.4 is 5.32 Å². The number of aliphatic hydroxyl groups excluding tert-OH is 5. The Morgan fingerprint density at radius 1 is 0.389 bits per heavy atom. The zero-order valence-corrected chi connectivity index (χ0v) is 90.8. The fraction of sp³-hybridized carbons (Fsp3) is 0.416. The summed E-state index contributed by atoms with van der Waals surface area (Å²) in [5.41, 5.74) is 24.1. The van der Waals surface area contributed by atoms with E-state index in [0.29, 0.717) is 79.3 Å². The number of hydrogen-bond acceptors (Lipinski definition) is 28. The Hall–Kier alpha value is -11.7. The number of fused-ring (bicyclic) bond motifs is 3. The molecule has 11 heterocycles. The Balaban J connectivity index is 0.000000149. The second kappa shape index (κ2) is 51.4. The van der Waals surface area contributed by atoms with Crippen molar-refractivity contribution >= 4 is 152 Å². The monoisotopic (exact) mass is 2150 g/mol. The summed E-state index contributed by atoms with van der Waals surface area (Å²) in [6, 6.07) is 48.1. The van der Waals surface area contributed by atoms with Crippen molar-refractivity contribution in [1.82, 2.24) is 59.6 Å². The lowest BCUT2D eigenvalue weighted by Gasteiger charge is -2.34. The smallest absolute Gasteiger partial charge is 0.255 e. The van der Waals surface area contributed by atoms with Crippen LogP contribution in [0, 0.1) is 33.6 Å². The van der Waals surface area contributed by atoms with Crippen molar-refractivity contribution in [3.63, 3.8) is 0 Å². The summed E-state index contributed by atoms with van der Waals surface area (Å²) in [6.07, 6.45) is 4.70. The van der Waals surface area contributed by atoms with E-state index in [0.717, 1.165) is 110 Å². The minimum Gasteiger partial charge on any atom is -0.391 e. The lowest BCUT2D eigenvalue weighted by Crippen LogP contribution is -2.56. The van der Waals surface area contributed by atoms with Gasteiger partial charge >= 0.3 is 0 Å². The van der Waals surface area contributed by atoms with Crippen LogP contribution in [-0.4, -0.2) is 285 Å². The van der Waals surface area contributed by atoms with Gasteiger partial charge in [-0.15, -0.1) is 45.3 Å². The van der Waals surface area contributed by atoms with E-state index in [4.69, 9.17) is 0 Å². The van der Waals surface area contributed by atoms with E-state index in [-0.39, 0.29) is 154 Å². The normalized spacial score (nSPS) is 19.6. The molecule has 4 aromatic heterocycles. The molecule has 0 bridgehead atoms. The highest BCUT2D eigenvalue weighted by Crippen LogP contribution is 2.39. The largest absolute Gasteiger partial charge is 0.391 e. The van der Waals surface area contributed by atoms with Crippen LogP contribution in [0.3, 0.4) is 0 Å². The molecular weight excluding hydrogens is 2020 g/mol. The number of likely N-dealkylation sites (tertiary alicyclic amines) is 4. The van der Waals surface area contributed by atoms with Gasteiger partial charge in [0.05, 0.1) is 119 Å². The van der Waals surface area contributed by atoms with Crippen molar-refractivity contribution < 1.29 is 83.1 Å². The third kappa shape index (κ3) is 26.9. The molecule has 18 rings (SSSR count). The molecule has 6 N–H and O–H groups in total. The number of nitrogens with zero attached hydrogens (tertiary/aromatic N) is 11. The molecule has 36 heteroatoms. The van der Waals surface area contributed by atoms with Gasteiger partial charge in [-0.3, -0.25) is 57.5 Å². The number of aliphatic hydroxyl groups is 5. The summed E-state index contributed by atoms with van der Waals surface area (Å²) in [4.78, 5) is 191. The lowest BCUT2D eigenvalue weighted by atomic mass is 9.99. The Morgan fingerprint density at radius 2 is 0.678 bits per heavy atom. The van der Waals surface area contributed by atoms with Gasteiger partial charge in [0.25, 0.3) is 17.7 Å². The van der Waals surface area contributed by atoms with E-state index < -0.39 is 84.8 Å². The molecule has 8 amide bonds.